The van der Waals surface area contributed by atoms with Crippen LogP contribution in [0, 0.1) is 22.0 Å². The van der Waals surface area contributed by atoms with Crippen molar-refractivity contribution < 1.29 is 4.92 Å². The molecular formula is C21H30N6O2. The van der Waals surface area contributed by atoms with Gasteiger partial charge in [0.15, 0.2) is 0 Å². The van der Waals surface area contributed by atoms with Gasteiger partial charge in [0.1, 0.15) is 6.20 Å². The minimum atomic E-state index is -0.438. The van der Waals surface area contributed by atoms with Gasteiger partial charge < -0.3 is 16.4 Å². The fourth-order valence-corrected chi connectivity index (χ4v) is 3.77. The van der Waals surface area contributed by atoms with Crippen LogP contribution in [0.1, 0.15) is 37.7 Å². The van der Waals surface area contributed by atoms with Crippen LogP contribution in [0.25, 0.3) is 0 Å². The van der Waals surface area contributed by atoms with Gasteiger partial charge in [-0.3, -0.25) is 10.1 Å². The van der Waals surface area contributed by atoms with Gasteiger partial charge in [-0.1, -0.05) is 30.3 Å². The molecule has 1 aromatic heterocycles. The van der Waals surface area contributed by atoms with Crippen molar-refractivity contribution in [2.75, 3.05) is 30.3 Å². The summed E-state index contributed by atoms with van der Waals surface area (Å²) in [7, 11) is 0. The maximum atomic E-state index is 11.3. The second kappa shape index (κ2) is 10.7. The molecule has 29 heavy (non-hydrogen) atoms. The number of anilines is 2. The van der Waals surface area contributed by atoms with E-state index in [1.54, 1.807) is 0 Å². The van der Waals surface area contributed by atoms with E-state index in [9.17, 15) is 10.1 Å². The monoisotopic (exact) mass is 398 g/mol. The fourth-order valence-electron chi connectivity index (χ4n) is 3.77. The lowest BCUT2D eigenvalue weighted by Gasteiger charge is -2.27. The summed E-state index contributed by atoms with van der Waals surface area (Å²) < 4.78 is 0. The third-order valence-electron chi connectivity index (χ3n) is 5.59. The maximum absolute atomic E-state index is 11.3. The Morgan fingerprint density at radius 1 is 1.10 bits per heavy atom. The van der Waals surface area contributed by atoms with Gasteiger partial charge in [0.2, 0.25) is 11.8 Å². The second-order valence-corrected chi connectivity index (χ2v) is 7.70. The summed E-state index contributed by atoms with van der Waals surface area (Å²) in [6.45, 7) is 2.13. The van der Waals surface area contributed by atoms with Crippen LogP contribution in [-0.4, -0.2) is 34.5 Å². The first kappa shape index (κ1) is 21.0. The van der Waals surface area contributed by atoms with Gasteiger partial charge >= 0.3 is 5.69 Å². The summed E-state index contributed by atoms with van der Waals surface area (Å²) in [5.41, 5.74) is 6.95. The molecule has 2 aromatic rings. The summed E-state index contributed by atoms with van der Waals surface area (Å²) in [6.07, 6.45) is 7.61. The van der Waals surface area contributed by atoms with Gasteiger partial charge in [-0.05, 0) is 62.5 Å². The number of hydrogen-bond donors (Lipinski definition) is 3. The summed E-state index contributed by atoms with van der Waals surface area (Å²) >= 11 is 0. The third-order valence-corrected chi connectivity index (χ3v) is 5.59. The Kier molecular flexibility index (Phi) is 7.75. The molecule has 0 unspecified atom stereocenters. The van der Waals surface area contributed by atoms with Crippen molar-refractivity contribution >= 4 is 17.5 Å². The lowest BCUT2D eigenvalue weighted by molar-refractivity contribution is -0.384. The molecule has 156 valence electrons. The molecule has 3 rings (SSSR count). The van der Waals surface area contributed by atoms with Gasteiger partial charge in [0, 0.05) is 13.1 Å². The zero-order chi connectivity index (χ0) is 20.5. The lowest BCUT2D eigenvalue weighted by Crippen LogP contribution is -2.25. The molecule has 0 radical (unpaired) electrons. The molecule has 0 aliphatic heterocycles. The first-order chi connectivity index (χ1) is 14.2. The number of nitro groups is 1. The zero-order valence-corrected chi connectivity index (χ0v) is 16.7. The highest BCUT2D eigenvalue weighted by Gasteiger charge is 2.22. The minimum absolute atomic E-state index is 0.0875. The van der Waals surface area contributed by atoms with Crippen LogP contribution in [0.4, 0.5) is 17.5 Å². The fraction of sp³-hybridized carbons (Fsp3) is 0.524. The molecule has 0 spiro atoms. The average Bonchev–Trinajstić information content (AvgIpc) is 2.76. The van der Waals surface area contributed by atoms with E-state index < -0.39 is 4.92 Å². The van der Waals surface area contributed by atoms with Crippen LogP contribution in [-0.2, 0) is 6.42 Å². The predicted molar refractivity (Wildman–Crippen MR) is 115 cm³/mol. The molecule has 0 amide bonds. The SMILES string of the molecule is NCC1CCC(CNc2nc(NCCCc3ccccc3)ncc2[N+](=O)[O-])CC1. The molecule has 1 aliphatic carbocycles. The maximum Gasteiger partial charge on any atom is 0.329 e. The van der Waals surface area contributed by atoms with Crippen molar-refractivity contribution in [2.24, 2.45) is 17.6 Å². The third kappa shape index (κ3) is 6.39. The predicted octanol–water partition coefficient (Wildman–Crippen LogP) is 3.61. The van der Waals surface area contributed by atoms with Crippen LogP contribution in [0.15, 0.2) is 36.5 Å². The molecule has 1 heterocycles. The van der Waals surface area contributed by atoms with Gasteiger partial charge in [-0.25, -0.2) is 4.98 Å². The lowest BCUT2D eigenvalue weighted by atomic mass is 9.82. The van der Waals surface area contributed by atoms with Crippen LogP contribution < -0.4 is 16.4 Å². The highest BCUT2D eigenvalue weighted by atomic mass is 16.6. The van der Waals surface area contributed by atoms with Crippen molar-refractivity contribution in [3.05, 3.63) is 52.2 Å². The molecule has 1 fully saturated rings. The Labute approximate surface area is 171 Å². The molecule has 0 saturated heterocycles. The molecular weight excluding hydrogens is 368 g/mol. The molecule has 8 heteroatoms. The largest absolute Gasteiger partial charge is 0.364 e. The average molecular weight is 399 g/mol. The summed E-state index contributed by atoms with van der Waals surface area (Å²) in [5, 5.41) is 17.7. The van der Waals surface area contributed by atoms with Crippen molar-refractivity contribution in [3.8, 4) is 0 Å². The van der Waals surface area contributed by atoms with Gasteiger partial charge in [0.25, 0.3) is 0 Å². The molecule has 0 atom stereocenters. The van der Waals surface area contributed by atoms with Crippen molar-refractivity contribution in [1.82, 2.24) is 9.97 Å². The standard InChI is InChI=1S/C21H30N6O2/c22-13-17-8-10-18(11-9-17)14-24-20-19(27(28)29)15-25-21(26-20)23-12-4-7-16-5-2-1-3-6-16/h1-3,5-6,15,17-18H,4,7-14,22H2,(H2,23,24,25,26). The topological polar surface area (TPSA) is 119 Å². The minimum Gasteiger partial charge on any atom is -0.364 e. The number of hydrogen-bond acceptors (Lipinski definition) is 7. The summed E-state index contributed by atoms with van der Waals surface area (Å²) in [6, 6.07) is 10.3. The first-order valence-corrected chi connectivity index (χ1v) is 10.4. The van der Waals surface area contributed by atoms with Gasteiger partial charge in [0.05, 0.1) is 4.92 Å². The summed E-state index contributed by atoms with van der Waals surface area (Å²) in [5.74, 6) is 1.82. The van der Waals surface area contributed by atoms with Crippen molar-refractivity contribution in [1.29, 1.82) is 0 Å². The molecule has 1 aliphatic rings. The van der Waals surface area contributed by atoms with Crippen molar-refractivity contribution in [2.45, 2.75) is 38.5 Å². The molecule has 0 bridgehead atoms. The number of benzene rings is 1. The normalized spacial score (nSPS) is 18.9. The van der Waals surface area contributed by atoms with E-state index in [1.165, 1.54) is 11.8 Å². The van der Waals surface area contributed by atoms with Crippen molar-refractivity contribution in [3.63, 3.8) is 0 Å². The Balaban J connectivity index is 1.52. The molecule has 1 aromatic carbocycles. The number of nitrogens with two attached hydrogens (primary N) is 1. The Morgan fingerprint density at radius 3 is 2.52 bits per heavy atom. The van der Waals surface area contributed by atoms with Crippen LogP contribution >= 0.6 is 0 Å². The Hall–Kier alpha value is -2.74. The number of nitrogens with zero attached hydrogens (tertiary/aromatic N) is 3. The van der Waals surface area contributed by atoms with E-state index >= 15 is 0 Å². The Bertz CT molecular complexity index is 778. The Morgan fingerprint density at radius 2 is 1.83 bits per heavy atom. The number of aryl methyl sites for hydroxylation is 1. The number of aromatic nitrogens is 2. The molecule has 4 N–H and O–H groups in total. The van der Waals surface area contributed by atoms with E-state index in [1.807, 2.05) is 18.2 Å². The second-order valence-electron chi connectivity index (χ2n) is 7.70. The number of nitrogens with one attached hydrogen (secondary N) is 2. The highest BCUT2D eigenvalue weighted by Crippen LogP contribution is 2.29. The van der Waals surface area contributed by atoms with E-state index in [0.29, 0.717) is 30.9 Å². The van der Waals surface area contributed by atoms with E-state index in [4.69, 9.17) is 5.73 Å². The van der Waals surface area contributed by atoms with Gasteiger partial charge in [-0.15, -0.1) is 0 Å². The van der Waals surface area contributed by atoms with E-state index in [0.717, 1.165) is 45.1 Å². The van der Waals surface area contributed by atoms with Crippen LogP contribution in [0.5, 0.6) is 0 Å². The van der Waals surface area contributed by atoms with E-state index in [-0.39, 0.29) is 11.5 Å². The quantitative estimate of drug-likeness (QED) is 0.318. The highest BCUT2D eigenvalue weighted by molar-refractivity contribution is 5.56. The zero-order valence-electron chi connectivity index (χ0n) is 16.7. The van der Waals surface area contributed by atoms with E-state index in [2.05, 4.69) is 32.7 Å². The summed E-state index contributed by atoms with van der Waals surface area (Å²) in [4.78, 5) is 19.4. The van der Waals surface area contributed by atoms with Crippen LogP contribution in [0.3, 0.4) is 0 Å². The smallest absolute Gasteiger partial charge is 0.329 e. The van der Waals surface area contributed by atoms with Crippen LogP contribution in [0.2, 0.25) is 0 Å². The first-order valence-electron chi connectivity index (χ1n) is 10.4. The molecule has 8 nitrogen and oxygen atoms in total. The van der Waals surface area contributed by atoms with Gasteiger partial charge in [-0.2, -0.15) is 4.98 Å². The molecule has 1 saturated carbocycles. The number of rotatable bonds is 10.